The Morgan fingerprint density at radius 2 is 1.74 bits per heavy atom. The third kappa shape index (κ3) is 6.06. The first kappa shape index (κ1) is 26.7. The molecule has 2 aliphatic heterocycles. The highest BCUT2D eigenvalue weighted by atomic mass is 16.6. The average Bonchev–Trinajstić information content (AvgIpc) is 2.96. The lowest BCUT2D eigenvalue weighted by Gasteiger charge is -2.38. The molecule has 1 N–H and O–H groups in total. The van der Waals surface area contributed by atoms with Gasteiger partial charge in [0.05, 0.1) is 18.1 Å². The number of phenolic OH excluding ortho intramolecular Hbond substituents is 1. The average molecular weight is 535 g/mol. The number of hydrogen-bond acceptors (Lipinski definition) is 7. The van der Waals surface area contributed by atoms with E-state index in [-0.39, 0.29) is 34.5 Å². The number of benzene rings is 2. The summed E-state index contributed by atoms with van der Waals surface area (Å²) < 4.78 is 5.31. The fourth-order valence-corrected chi connectivity index (χ4v) is 5.70. The van der Waals surface area contributed by atoms with Gasteiger partial charge in [0.25, 0.3) is 11.6 Å². The monoisotopic (exact) mass is 534 g/mol. The van der Waals surface area contributed by atoms with Gasteiger partial charge in [0.15, 0.2) is 0 Å². The molecule has 10 nitrogen and oxygen atoms in total. The molecule has 2 heterocycles. The van der Waals surface area contributed by atoms with Crippen molar-refractivity contribution in [2.75, 3.05) is 37.7 Å². The van der Waals surface area contributed by atoms with E-state index in [1.165, 1.54) is 25.3 Å². The summed E-state index contributed by atoms with van der Waals surface area (Å²) in [5.41, 5.74) is 1.08. The van der Waals surface area contributed by atoms with E-state index >= 15 is 0 Å². The molecular formula is C29H34N4O6. The van der Waals surface area contributed by atoms with Crippen LogP contribution in [0.5, 0.6) is 5.75 Å². The minimum absolute atomic E-state index is 0.126. The Balaban J connectivity index is 1.47. The van der Waals surface area contributed by atoms with Crippen molar-refractivity contribution in [1.29, 1.82) is 0 Å². The molecule has 0 radical (unpaired) electrons. The molecule has 10 heteroatoms. The van der Waals surface area contributed by atoms with Gasteiger partial charge in [-0.05, 0) is 48.6 Å². The molecule has 1 aliphatic carbocycles. The fourth-order valence-electron chi connectivity index (χ4n) is 5.70. The highest BCUT2D eigenvalue weighted by Crippen LogP contribution is 2.35. The molecule has 3 aliphatic rings. The van der Waals surface area contributed by atoms with E-state index in [0.29, 0.717) is 45.2 Å². The van der Waals surface area contributed by atoms with Crippen molar-refractivity contribution in [3.05, 3.63) is 76.1 Å². The quantitative estimate of drug-likeness (QED) is 0.420. The molecule has 1 saturated heterocycles. The van der Waals surface area contributed by atoms with Crippen LogP contribution in [0.2, 0.25) is 0 Å². The van der Waals surface area contributed by atoms with E-state index in [9.17, 15) is 24.8 Å². The largest absolute Gasteiger partial charge is 0.508 e. The van der Waals surface area contributed by atoms with E-state index in [2.05, 4.69) is 0 Å². The summed E-state index contributed by atoms with van der Waals surface area (Å²) >= 11 is 0. The van der Waals surface area contributed by atoms with Gasteiger partial charge in [0.1, 0.15) is 17.5 Å². The van der Waals surface area contributed by atoms with Crippen LogP contribution < -0.4 is 4.90 Å². The lowest BCUT2D eigenvalue weighted by atomic mass is 9.88. The molecule has 2 amide bonds. The molecule has 2 aromatic rings. The van der Waals surface area contributed by atoms with Crippen molar-refractivity contribution in [2.24, 2.45) is 5.92 Å². The summed E-state index contributed by atoms with van der Waals surface area (Å²) in [7, 11) is 0. The summed E-state index contributed by atoms with van der Waals surface area (Å²) in [6, 6.07) is 10.4. The van der Waals surface area contributed by atoms with Crippen LogP contribution in [-0.2, 0) is 16.0 Å². The van der Waals surface area contributed by atoms with Crippen LogP contribution in [0.1, 0.15) is 48.0 Å². The number of anilines is 1. The first-order valence-electron chi connectivity index (χ1n) is 13.6. The minimum atomic E-state index is -0.720. The van der Waals surface area contributed by atoms with Gasteiger partial charge in [-0.3, -0.25) is 19.7 Å². The van der Waals surface area contributed by atoms with E-state index in [0.717, 1.165) is 18.4 Å². The number of aromatic hydroxyl groups is 1. The molecule has 206 valence electrons. The van der Waals surface area contributed by atoms with Crippen LogP contribution >= 0.6 is 0 Å². The van der Waals surface area contributed by atoms with Gasteiger partial charge in [-0.1, -0.05) is 31.4 Å². The maximum Gasteiger partial charge on any atom is 0.293 e. The number of nitro benzene ring substituents is 1. The molecule has 2 fully saturated rings. The van der Waals surface area contributed by atoms with Crippen LogP contribution in [0.4, 0.5) is 11.4 Å². The second kappa shape index (κ2) is 11.9. The number of nitrogens with zero attached hydrogens (tertiary/aromatic N) is 4. The zero-order chi connectivity index (χ0) is 27.4. The van der Waals surface area contributed by atoms with E-state index in [1.807, 2.05) is 0 Å². The van der Waals surface area contributed by atoms with E-state index in [4.69, 9.17) is 4.74 Å². The Morgan fingerprint density at radius 1 is 1.03 bits per heavy atom. The van der Waals surface area contributed by atoms with Gasteiger partial charge in [-0.15, -0.1) is 0 Å². The summed E-state index contributed by atoms with van der Waals surface area (Å²) in [6.45, 7) is 2.36. The summed E-state index contributed by atoms with van der Waals surface area (Å²) in [6.07, 6.45) is 9.51. The third-order valence-electron chi connectivity index (χ3n) is 7.85. The highest BCUT2D eigenvalue weighted by Gasteiger charge is 2.36. The maximum absolute atomic E-state index is 13.9. The number of carbonyl (C=O) groups is 2. The van der Waals surface area contributed by atoms with Gasteiger partial charge in [-0.25, -0.2) is 0 Å². The van der Waals surface area contributed by atoms with Gasteiger partial charge in [0, 0.05) is 50.1 Å². The lowest BCUT2D eigenvalue weighted by molar-refractivity contribution is -0.384. The molecule has 0 spiro atoms. The van der Waals surface area contributed by atoms with E-state index in [1.54, 1.807) is 63.5 Å². The molecule has 5 rings (SSSR count). The first-order chi connectivity index (χ1) is 18.9. The fraction of sp³-hybridized carbons (Fsp3) is 0.448. The zero-order valence-electron chi connectivity index (χ0n) is 21.9. The number of rotatable bonds is 7. The van der Waals surface area contributed by atoms with Gasteiger partial charge >= 0.3 is 0 Å². The molecule has 1 atom stereocenters. The van der Waals surface area contributed by atoms with Crippen molar-refractivity contribution in [1.82, 2.24) is 9.80 Å². The van der Waals surface area contributed by atoms with Crippen molar-refractivity contribution in [3.8, 4) is 5.75 Å². The molecule has 0 aromatic heterocycles. The maximum atomic E-state index is 13.9. The number of ether oxygens (including phenoxy) is 1. The second-order valence-electron chi connectivity index (χ2n) is 10.5. The SMILES string of the molecule is O=C1[C@H](Cc2ccc(O)cc2)N(c2ccc(C(=O)N3CCOCC3)cc2[N+](=O)[O-])C=CN1CC1CCCCC1. The predicted molar refractivity (Wildman–Crippen MR) is 145 cm³/mol. The predicted octanol–water partition coefficient (Wildman–Crippen LogP) is 4.08. The number of amides is 2. The Kier molecular flexibility index (Phi) is 8.11. The standard InChI is InChI=1S/C29H34N4O6/c34-24-9-6-21(7-10-24)18-27-29(36)31(20-22-4-2-1-3-5-22)12-13-32(27)25-11-8-23(19-26(25)33(37)38)28(35)30-14-16-39-17-15-30/h6-13,19,22,27,34H,1-5,14-18,20H2/t27-/m0/s1. The summed E-state index contributed by atoms with van der Waals surface area (Å²) in [4.78, 5) is 43.6. The number of morpholine rings is 1. The third-order valence-corrected chi connectivity index (χ3v) is 7.85. The minimum Gasteiger partial charge on any atom is -0.508 e. The molecule has 0 bridgehead atoms. The molecular weight excluding hydrogens is 500 g/mol. The number of phenols is 1. The highest BCUT2D eigenvalue weighted by molar-refractivity contribution is 5.96. The van der Waals surface area contributed by atoms with Crippen LogP contribution in [0.3, 0.4) is 0 Å². The molecule has 1 saturated carbocycles. The Bertz CT molecular complexity index is 1230. The summed E-state index contributed by atoms with van der Waals surface area (Å²) in [5, 5.41) is 21.9. The van der Waals surface area contributed by atoms with Gasteiger partial charge < -0.3 is 24.5 Å². The van der Waals surface area contributed by atoms with Crippen molar-refractivity contribution >= 4 is 23.2 Å². The zero-order valence-corrected chi connectivity index (χ0v) is 21.9. The molecule has 2 aromatic carbocycles. The lowest BCUT2D eigenvalue weighted by Crippen LogP contribution is -2.51. The first-order valence-corrected chi connectivity index (χ1v) is 13.6. The van der Waals surface area contributed by atoms with Crippen molar-refractivity contribution in [3.63, 3.8) is 0 Å². The Morgan fingerprint density at radius 3 is 2.44 bits per heavy atom. The second-order valence-corrected chi connectivity index (χ2v) is 10.5. The van der Waals surface area contributed by atoms with Gasteiger partial charge in [-0.2, -0.15) is 0 Å². The summed E-state index contributed by atoms with van der Waals surface area (Å²) in [5.74, 6) is 0.157. The van der Waals surface area contributed by atoms with E-state index < -0.39 is 11.0 Å². The van der Waals surface area contributed by atoms with Crippen LogP contribution in [-0.4, -0.2) is 70.5 Å². The smallest absolute Gasteiger partial charge is 0.293 e. The number of hydrogen-bond donors (Lipinski definition) is 1. The Labute approximate surface area is 227 Å². The van der Waals surface area contributed by atoms with Gasteiger partial charge in [0.2, 0.25) is 5.91 Å². The Hall–Kier alpha value is -3.92. The van der Waals surface area contributed by atoms with Crippen molar-refractivity contribution < 1.29 is 24.4 Å². The molecule has 39 heavy (non-hydrogen) atoms. The topological polar surface area (TPSA) is 116 Å². The van der Waals surface area contributed by atoms with Crippen molar-refractivity contribution in [2.45, 2.75) is 44.6 Å². The normalized spacial score (nSPS) is 20.4. The number of carbonyl (C=O) groups excluding carboxylic acids is 2. The van der Waals surface area contributed by atoms with Crippen LogP contribution in [0.15, 0.2) is 54.9 Å². The number of nitro groups is 1. The van der Waals surface area contributed by atoms with Crippen LogP contribution in [0.25, 0.3) is 0 Å². The molecule has 0 unspecified atom stereocenters. The van der Waals surface area contributed by atoms with Crippen LogP contribution in [0, 0.1) is 16.0 Å².